The van der Waals surface area contributed by atoms with Crippen LogP contribution in [0, 0.1) is 0 Å². The molecule has 1 heterocycles. The Bertz CT molecular complexity index is 397. The number of hydrogen-bond acceptors (Lipinski definition) is 2. The monoisotopic (exact) mass is 298 g/mol. The highest BCUT2D eigenvalue weighted by atomic mass is 79.9. The van der Waals surface area contributed by atoms with Gasteiger partial charge in [0.05, 0.1) is 0 Å². The Morgan fingerprint density at radius 2 is 2.38 bits per heavy atom. The first-order chi connectivity index (χ1) is 7.66. The lowest BCUT2D eigenvalue weighted by Crippen LogP contribution is -2.00. The molecule has 1 unspecified atom stereocenters. The summed E-state index contributed by atoms with van der Waals surface area (Å²) < 4.78 is 1.17. The van der Waals surface area contributed by atoms with Crippen LogP contribution in [-0.4, -0.2) is 17.3 Å². The van der Waals surface area contributed by atoms with Crippen molar-refractivity contribution in [2.45, 2.75) is 25.7 Å². The molecular formula is C13H15BrOS. The second-order valence-electron chi connectivity index (χ2n) is 4.30. The van der Waals surface area contributed by atoms with Crippen LogP contribution in [0.4, 0.5) is 0 Å². The lowest BCUT2D eigenvalue weighted by atomic mass is 9.97. The molecule has 1 aliphatic rings. The van der Waals surface area contributed by atoms with Crippen LogP contribution in [0.15, 0.2) is 22.7 Å². The molecule has 1 nitrogen and oxygen atoms in total. The van der Waals surface area contributed by atoms with Crippen LogP contribution in [0.1, 0.15) is 30.4 Å². The topological polar surface area (TPSA) is 17.1 Å². The first-order valence-electron chi connectivity index (χ1n) is 5.52. The molecule has 16 heavy (non-hydrogen) atoms. The van der Waals surface area contributed by atoms with Crippen molar-refractivity contribution in [2.24, 2.45) is 0 Å². The van der Waals surface area contributed by atoms with Crippen LogP contribution in [-0.2, 0) is 11.2 Å². The van der Waals surface area contributed by atoms with E-state index in [4.69, 9.17) is 0 Å². The van der Waals surface area contributed by atoms with Gasteiger partial charge in [-0.15, -0.1) is 0 Å². The minimum atomic E-state index is 0.219. The Kier molecular flexibility index (Phi) is 4.09. The van der Waals surface area contributed by atoms with Crippen LogP contribution in [0.25, 0.3) is 0 Å². The maximum Gasteiger partial charge on any atom is 0.134 e. The summed E-state index contributed by atoms with van der Waals surface area (Å²) in [4.78, 5) is 11.0. The van der Waals surface area contributed by atoms with Crippen molar-refractivity contribution >= 4 is 33.5 Å². The molecule has 0 saturated carbocycles. The van der Waals surface area contributed by atoms with Crippen molar-refractivity contribution < 1.29 is 4.79 Å². The fourth-order valence-electron chi connectivity index (χ4n) is 2.08. The summed E-state index contributed by atoms with van der Waals surface area (Å²) in [6.45, 7) is 1.63. The molecule has 1 aromatic rings. The van der Waals surface area contributed by atoms with Gasteiger partial charge in [-0.05, 0) is 42.2 Å². The third-order valence-electron chi connectivity index (χ3n) is 2.89. The van der Waals surface area contributed by atoms with Crippen molar-refractivity contribution in [3.8, 4) is 0 Å². The van der Waals surface area contributed by atoms with E-state index in [0.717, 1.165) is 5.56 Å². The maximum absolute atomic E-state index is 11.0. The predicted molar refractivity (Wildman–Crippen MR) is 73.2 cm³/mol. The molecule has 1 saturated heterocycles. The molecule has 0 aromatic heterocycles. The first kappa shape index (κ1) is 12.2. The van der Waals surface area contributed by atoms with E-state index < -0.39 is 0 Å². The first-order valence-corrected chi connectivity index (χ1v) is 7.47. The van der Waals surface area contributed by atoms with E-state index in [1.54, 1.807) is 6.92 Å². The summed E-state index contributed by atoms with van der Waals surface area (Å²) in [6.07, 6.45) is 1.81. The second kappa shape index (κ2) is 5.37. The highest BCUT2D eigenvalue weighted by molar-refractivity contribution is 9.10. The van der Waals surface area contributed by atoms with E-state index in [-0.39, 0.29) is 5.78 Å². The van der Waals surface area contributed by atoms with Gasteiger partial charge < -0.3 is 0 Å². The second-order valence-corrected chi connectivity index (χ2v) is 6.30. The van der Waals surface area contributed by atoms with Gasteiger partial charge in [-0.1, -0.05) is 28.1 Å². The number of carbonyl (C=O) groups excluding carboxylic acids is 1. The molecule has 0 radical (unpaired) electrons. The van der Waals surface area contributed by atoms with E-state index in [9.17, 15) is 4.79 Å². The summed E-state index contributed by atoms with van der Waals surface area (Å²) in [5, 5.41) is 0. The smallest absolute Gasteiger partial charge is 0.134 e. The number of carbonyl (C=O) groups is 1. The van der Waals surface area contributed by atoms with Crippen LogP contribution in [0.3, 0.4) is 0 Å². The van der Waals surface area contributed by atoms with Gasteiger partial charge in [0.25, 0.3) is 0 Å². The van der Waals surface area contributed by atoms with E-state index in [0.29, 0.717) is 12.3 Å². The minimum Gasteiger partial charge on any atom is -0.300 e. The standard InChI is InChI=1S/C13H15BrOS/c1-9(15)6-10-2-3-12(13(14)7-10)11-4-5-16-8-11/h2-3,7,11H,4-6,8H2,1H3. The predicted octanol–water partition coefficient (Wildman–Crippen LogP) is 3.80. The average molecular weight is 299 g/mol. The van der Waals surface area contributed by atoms with Crippen LogP contribution in [0.2, 0.25) is 0 Å². The van der Waals surface area contributed by atoms with E-state index in [1.807, 2.05) is 11.8 Å². The van der Waals surface area contributed by atoms with Crippen molar-refractivity contribution in [3.05, 3.63) is 33.8 Å². The van der Waals surface area contributed by atoms with Gasteiger partial charge in [-0.2, -0.15) is 11.8 Å². The molecule has 0 bridgehead atoms. The third-order valence-corrected chi connectivity index (χ3v) is 4.74. The quantitative estimate of drug-likeness (QED) is 0.844. The zero-order chi connectivity index (χ0) is 11.5. The van der Waals surface area contributed by atoms with Crippen molar-refractivity contribution in [1.82, 2.24) is 0 Å². The maximum atomic E-state index is 11.0. The lowest BCUT2D eigenvalue weighted by Gasteiger charge is -2.12. The van der Waals surface area contributed by atoms with Crippen LogP contribution in [0.5, 0.6) is 0 Å². The number of hydrogen-bond donors (Lipinski definition) is 0. The number of rotatable bonds is 3. The summed E-state index contributed by atoms with van der Waals surface area (Å²) >= 11 is 5.65. The minimum absolute atomic E-state index is 0.219. The van der Waals surface area contributed by atoms with Gasteiger partial charge in [-0.3, -0.25) is 4.79 Å². The number of halogens is 1. The molecule has 86 valence electrons. The highest BCUT2D eigenvalue weighted by Gasteiger charge is 2.19. The number of benzene rings is 1. The summed E-state index contributed by atoms with van der Waals surface area (Å²) in [7, 11) is 0. The normalized spacial score (nSPS) is 20.0. The molecule has 1 aliphatic heterocycles. The van der Waals surface area contributed by atoms with Gasteiger partial charge in [0.2, 0.25) is 0 Å². The fourth-order valence-corrected chi connectivity index (χ4v) is 4.08. The average Bonchev–Trinajstić information content (AvgIpc) is 2.69. The zero-order valence-electron chi connectivity index (χ0n) is 9.33. The number of ketones is 1. The van der Waals surface area contributed by atoms with Crippen molar-refractivity contribution in [3.63, 3.8) is 0 Å². The third kappa shape index (κ3) is 2.89. The van der Waals surface area contributed by atoms with Gasteiger partial charge >= 0.3 is 0 Å². The Balaban J connectivity index is 2.18. The van der Waals surface area contributed by atoms with Gasteiger partial charge in [0, 0.05) is 16.6 Å². The lowest BCUT2D eigenvalue weighted by molar-refractivity contribution is -0.116. The molecule has 0 N–H and O–H groups in total. The molecule has 1 aromatic carbocycles. The molecule has 3 heteroatoms. The fraction of sp³-hybridized carbons (Fsp3) is 0.462. The Labute approximate surface area is 109 Å². The van der Waals surface area contributed by atoms with Gasteiger partial charge in [0.15, 0.2) is 0 Å². The van der Waals surface area contributed by atoms with Crippen molar-refractivity contribution in [2.75, 3.05) is 11.5 Å². The largest absolute Gasteiger partial charge is 0.300 e. The molecule has 0 spiro atoms. The molecule has 0 aliphatic carbocycles. The van der Waals surface area contributed by atoms with Gasteiger partial charge in [0.1, 0.15) is 5.78 Å². The molecule has 2 rings (SSSR count). The summed E-state index contributed by atoms with van der Waals surface area (Å²) in [5.74, 6) is 3.40. The molecule has 0 amide bonds. The summed E-state index contributed by atoms with van der Waals surface area (Å²) in [6, 6.07) is 6.36. The van der Waals surface area contributed by atoms with Crippen LogP contribution < -0.4 is 0 Å². The molecule has 1 fully saturated rings. The Hall–Kier alpha value is -0.280. The SMILES string of the molecule is CC(=O)Cc1ccc(C2CCSC2)c(Br)c1. The van der Waals surface area contributed by atoms with Gasteiger partial charge in [-0.25, -0.2) is 0 Å². The number of thioether (sulfide) groups is 1. The van der Waals surface area contributed by atoms with E-state index in [2.05, 4.69) is 34.1 Å². The van der Waals surface area contributed by atoms with E-state index in [1.165, 1.54) is 28.0 Å². The molecular weight excluding hydrogens is 284 g/mol. The Morgan fingerprint density at radius 3 is 2.94 bits per heavy atom. The zero-order valence-corrected chi connectivity index (χ0v) is 11.7. The summed E-state index contributed by atoms with van der Waals surface area (Å²) in [5.41, 5.74) is 2.51. The number of Topliss-reactive ketones (excluding diaryl/α,β-unsaturated/α-hetero) is 1. The van der Waals surface area contributed by atoms with Crippen LogP contribution >= 0.6 is 27.7 Å². The van der Waals surface area contributed by atoms with E-state index >= 15 is 0 Å². The Morgan fingerprint density at radius 1 is 1.56 bits per heavy atom. The molecule has 1 atom stereocenters. The van der Waals surface area contributed by atoms with Crippen molar-refractivity contribution in [1.29, 1.82) is 0 Å². The highest BCUT2D eigenvalue weighted by Crippen LogP contribution is 2.36.